The smallest absolute Gasteiger partial charge is 0.255 e. The number of aliphatic hydroxyl groups is 1. The van der Waals surface area contributed by atoms with Crippen molar-refractivity contribution in [3.63, 3.8) is 0 Å². The number of nitrogens with one attached hydrogen (secondary N) is 1. The number of halogens is 1. The van der Waals surface area contributed by atoms with Gasteiger partial charge in [-0.2, -0.15) is 0 Å². The summed E-state index contributed by atoms with van der Waals surface area (Å²) in [5.41, 5.74) is -0.563. The summed E-state index contributed by atoms with van der Waals surface area (Å²) in [6.45, 7) is 3.40. The van der Waals surface area contributed by atoms with E-state index >= 15 is 0 Å². The molecule has 0 bridgehead atoms. The monoisotopic (exact) mass is 254 g/mol. The lowest BCUT2D eigenvalue weighted by molar-refractivity contribution is 0.0368. The Balaban J connectivity index is 3.01. The Bertz CT molecular complexity index is 441. The largest absolute Gasteiger partial charge is 0.389 e. The van der Waals surface area contributed by atoms with E-state index in [2.05, 4.69) is 5.32 Å². The number of likely N-dealkylation sites (N-methyl/N-ethyl adjacent to an activating group) is 1. The second-order valence-corrected chi connectivity index (χ2v) is 4.89. The third-order valence-corrected chi connectivity index (χ3v) is 2.46. The van der Waals surface area contributed by atoms with Gasteiger partial charge in [-0.25, -0.2) is 4.39 Å². The Kier molecular flexibility index (Phi) is 4.29. The fourth-order valence-corrected chi connectivity index (χ4v) is 1.81. The van der Waals surface area contributed by atoms with Gasteiger partial charge in [0.15, 0.2) is 0 Å². The number of anilines is 1. The van der Waals surface area contributed by atoms with Crippen LogP contribution in [0.5, 0.6) is 0 Å². The highest BCUT2D eigenvalue weighted by molar-refractivity contribution is 5.99. The SMILES string of the molecule is CNc1c(F)cccc1C(=O)N(C)CC(C)(C)O. The standard InChI is InChI=1S/C13H19FN2O2/c1-13(2,18)8-16(4)12(17)9-6-5-7-10(14)11(9)15-3/h5-7,15,18H,8H2,1-4H3. The summed E-state index contributed by atoms with van der Waals surface area (Å²) in [6, 6.07) is 4.33. The molecule has 1 rings (SSSR count). The lowest BCUT2D eigenvalue weighted by atomic mass is 10.1. The van der Waals surface area contributed by atoms with Crippen molar-refractivity contribution in [1.29, 1.82) is 0 Å². The lowest BCUT2D eigenvalue weighted by Gasteiger charge is -2.26. The lowest BCUT2D eigenvalue weighted by Crippen LogP contribution is -2.39. The third kappa shape index (κ3) is 3.43. The first kappa shape index (κ1) is 14.4. The van der Waals surface area contributed by atoms with Crippen LogP contribution in [0.2, 0.25) is 0 Å². The molecule has 1 aromatic rings. The first-order valence-electron chi connectivity index (χ1n) is 5.70. The first-order chi connectivity index (χ1) is 8.26. The van der Waals surface area contributed by atoms with Crippen LogP contribution in [0.15, 0.2) is 18.2 Å². The van der Waals surface area contributed by atoms with Crippen LogP contribution in [0, 0.1) is 5.82 Å². The predicted octanol–water partition coefficient (Wildman–Crippen LogP) is 1.71. The molecule has 0 heterocycles. The van der Waals surface area contributed by atoms with Crippen LogP contribution in [-0.2, 0) is 0 Å². The van der Waals surface area contributed by atoms with Crippen molar-refractivity contribution in [3.8, 4) is 0 Å². The summed E-state index contributed by atoms with van der Waals surface area (Å²) in [4.78, 5) is 13.5. The number of hydrogen-bond donors (Lipinski definition) is 2. The maximum absolute atomic E-state index is 13.5. The van der Waals surface area contributed by atoms with E-state index in [4.69, 9.17) is 0 Å². The number of amides is 1. The van der Waals surface area contributed by atoms with Gasteiger partial charge in [-0.3, -0.25) is 4.79 Å². The molecule has 1 amide bonds. The Labute approximate surface area is 106 Å². The van der Waals surface area contributed by atoms with Crippen LogP contribution >= 0.6 is 0 Å². The van der Waals surface area contributed by atoms with Gasteiger partial charge < -0.3 is 15.3 Å². The van der Waals surface area contributed by atoms with Gasteiger partial charge in [0.05, 0.1) is 16.9 Å². The minimum Gasteiger partial charge on any atom is -0.389 e. The van der Waals surface area contributed by atoms with E-state index in [1.54, 1.807) is 34.0 Å². The number of rotatable bonds is 4. The average molecular weight is 254 g/mol. The Morgan fingerprint density at radius 1 is 1.50 bits per heavy atom. The van der Waals surface area contributed by atoms with E-state index in [0.717, 1.165) is 0 Å². The second-order valence-electron chi connectivity index (χ2n) is 4.89. The Morgan fingerprint density at radius 2 is 2.11 bits per heavy atom. The first-order valence-corrected chi connectivity index (χ1v) is 5.70. The zero-order valence-corrected chi connectivity index (χ0v) is 11.1. The molecule has 0 spiro atoms. The quantitative estimate of drug-likeness (QED) is 0.860. The maximum Gasteiger partial charge on any atom is 0.255 e. The third-order valence-electron chi connectivity index (χ3n) is 2.46. The second kappa shape index (κ2) is 5.35. The van der Waals surface area contributed by atoms with Crippen molar-refractivity contribution < 1.29 is 14.3 Å². The summed E-state index contributed by atoms with van der Waals surface area (Å²) in [7, 11) is 3.13. The number of nitrogens with zero attached hydrogens (tertiary/aromatic N) is 1. The molecule has 0 aliphatic heterocycles. The van der Waals surface area contributed by atoms with Gasteiger partial charge in [-0.1, -0.05) is 6.07 Å². The van der Waals surface area contributed by atoms with Crippen LogP contribution < -0.4 is 5.32 Å². The zero-order valence-electron chi connectivity index (χ0n) is 11.1. The van der Waals surface area contributed by atoms with Crippen LogP contribution in [0.4, 0.5) is 10.1 Å². The highest BCUT2D eigenvalue weighted by Crippen LogP contribution is 2.21. The minimum atomic E-state index is -0.989. The van der Waals surface area contributed by atoms with E-state index in [1.165, 1.54) is 17.0 Å². The molecular formula is C13H19FN2O2. The number of carbonyl (C=O) groups excluding carboxylic acids is 1. The number of carbonyl (C=O) groups is 1. The van der Waals surface area contributed by atoms with Gasteiger partial charge in [0.2, 0.25) is 0 Å². The van der Waals surface area contributed by atoms with Gasteiger partial charge in [-0.05, 0) is 26.0 Å². The molecule has 1 aromatic carbocycles. The van der Waals surface area contributed by atoms with E-state index in [1.807, 2.05) is 0 Å². The summed E-state index contributed by atoms with van der Waals surface area (Å²) < 4.78 is 13.5. The summed E-state index contributed by atoms with van der Waals surface area (Å²) in [5, 5.41) is 12.4. The van der Waals surface area contributed by atoms with Crippen molar-refractivity contribution in [2.45, 2.75) is 19.4 Å². The van der Waals surface area contributed by atoms with E-state index in [0.29, 0.717) is 0 Å². The zero-order chi connectivity index (χ0) is 13.9. The summed E-state index contributed by atoms with van der Waals surface area (Å²) in [6.07, 6.45) is 0. The highest BCUT2D eigenvalue weighted by atomic mass is 19.1. The normalized spacial score (nSPS) is 11.2. The molecule has 0 aromatic heterocycles. The minimum absolute atomic E-state index is 0.171. The maximum atomic E-state index is 13.5. The van der Waals surface area contributed by atoms with Crippen LogP contribution in [0.1, 0.15) is 24.2 Å². The van der Waals surface area contributed by atoms with E-state index in [-0.39, 0.29) is 23.7 Å². The van der Waals surface area contributed by atoms with Gasteiger partial charge in [0.1, 0.15) is 5.82 Å². The molecule has 2 N–H and O–H groups in total. The average Bonchev–Trinajstić information content (AvgIpc) is 2.25. The number of para-hydroxylation sites is 1. The summed E-state index contributed by atoms with van der Waals surface area (Å²) in [5.74, 6) is -0.805. The van der Waals surface area contributed by atoms with Gasteiger partial charge in [-0.15, -0.1) is 0 Å². The van der Waals surface area contributed by atoms with Crippen molar-refractivity contribution in [3.05, 3.63) is 29.6 Å². The van der Waals surface area contributed by atoms with Crippen LogP contribution in [0.3, 0.4) is 0 Å². The van der Waals surface area contributed by atoms with E-state index < -0.39 is 11.4 Å². The topological polar surface area (TPSA) is 52.6 Å². The molecule has 0 fully saturated rings. The van der Waals surface area contributed by atoms with Crippen molar-refractivity contribution in [1.82, 2.24) is 4.90 Å². The van der Waals surface area contributed by atoms with Gasteiger partial charge in [0, 0.05) is 20.6 Å². The van der Waals surface area contributed by atoms with Gasteiger partial charge in [0.25, 0.3) is 5.91 Å². The van der Waals surface area contributed by atoms with Gasteiger partial charge >= 0.3 is 0 Å². The summed E-state index contributed by atoms with van der Waals surface area (Å²) >= 11 is 0. The van der Waals surface area contributed by atoms with Crippen LogP contribution in [-0.4, -0.2) is 42.2 Å². The van der Waals surface area contributed by atoms with Crippen molar-refractivity contribution in [2.75, 3.05) is 26.0 Å². The molecule has 100 valence electrons. The Hall–Kier alpha value is -1.62. The molecule has 0 saturated heterocycles. The van der Waals surface area contributed by atoms with Crippen molar-refractivity contribution in [2.24, 2.45) is 0 Å². The molecule has 4 nitrogen and oxygen atoms in total. The molecule has 5 heteroatoms. The number of benzene rings is 1. The van der Waals surface area contributed by atoms with E-state index in [9.17, 15) is 14.3 Å². The predicted molar refractivity (Wildman–Crippen MR) is 69.2 cm³/mol. The number of hydrogen-bond acceptors (Lipinski definition) is 3. The Morgan fingerprint density at radius 3 is 2.61 bits per heavy atom. The molecule has 0 radical (unpaired) electrons. The highest BCUT2D eigenvalue weighted by Gasteiger charge is 2.22. The fourth-order valence-electron chi connectivity index (χ4n) is 1.81. The molecule has 18 heavy (non-hydrogen) atoms. The fraction of sp³-hybridized carbons (Fsp3) is 0.462. The molecular weight excluding hydrogens is 235 g/mol. The molecule has 0 unspecified atom stereocenters. The molecule has 0 aliphatic carbocycles. The van der Waals surface area contributed by atoms with Crippen LogP contribution in [0.25, 0.3) is 0 Å². The molecule has 0 aliphatic rings. The molecule has 0 atom stereocenters. The van der Waals surface area contributed by atoms with Crippen molar-refractivity contribution >= 4 is 11.6 Å². The molecule has 0 saturated carbocycles.